The highest BCUT2D eigenvalue weighted by Gasteiger charge is 2.27. The van der Waals surface area contributed by atoms with Gasteiger partial charge in [0.25, 0.3) is 0 Å². The van der Waals surface area contributed by atoms with Crippen LogP contribution in [0.25, 0.3) is 5.69 Å². The summed E-state index contributed by atoms with van der Waals surface area (Å²) in [5, 5.41) is 0.636. The van der Waals surface area contributed by atoms with E-state index in [-0.39, 0.29) is 17.6 Å². The molecule has 2 aromatic rings. The second-order valence-corrected chi connectivity index (χ2v) is 7.08. The minimum Gasteiger partial charge on any atom is -0.466 e. The van der Waals surface area contributed by atoms with E-state index in [4.69, 9.17) is 16.3 Å². The van der Waals surface area contributed by atoms with E-state index in [1.807, 2.05) is 32.2 Å². The zero-order chi connectivity index (χ0) is 18.7. The zero-order valence-corrected chi connectivity index (χ0v) is 15.9. The van der Waals surface area contributed by atoms with Crippen molar-refractivity contribution in [1.29, 1.82) is 0 Å². The Balaban J connectivity index is 1.76. The molecule has 26 heavy (non-hydrogen) atoms. The van der Waals surface area contributed by atoms with E-state index in [1.165, 1.54) is 0 Å². The Labute approximate surface area is 157 Å². The highest BCUT2D eigenvalue weighted by molar-refractivity contribution is 6.30. The molecule has 140 valence electrons. The first kappa shape index (κ1) is 18.7. The van der Waals surface area contributed by atoms with Crippen LogP contribution in [0, 0.1) is 12.8 Å². The number of aryl methyl sites for hydroxylation is 1. The number of ether oxygens (including phenoxy) is 1. The number of imidazole rings is 1. The molecule has 0 aliphatic carbocycles. The van der Waals surface area contributed by atoms with Crippen molar-refractivity contribution in [2.75, 3.05) is 19.7 Å². The molecule has 1 unspecified atom stereocenters. The number of likely N-dealkylation sites (tertiary alicyclic amines) is 1. The van der Waals surface area contributed by atoms with Crippen LogP contribution in [-0.2, 0) is 16.2 Å². The van der Waals surface area contributed by atoms with Gasteiger partial charge < -0.3 is 4.74 Å². The number of hydrogen-bond acceptors (Lipinski definition) is 4. The van der Waals surface area contributed by atoms with E-state index in [0.717, 1.165) is 30.8 Å². The largest absolute Gasteiger partial charge is 0.466 e. The molecule has 1 aliphatic rings. The SMILES string of the molecule is CCOC(=O)C1CCCN(Cn2cc(C)n(-c3ccc(Cl)cc3)c2=O)C1. The number of hydrogen-bond donors (Lipinski definition) is 0. The fourth-order valence-electron chi connectivity index (χ4n) is 3.48. The summed E-state index contributed by atoms with van der Waals surface area (Å²) >= 11 is 5.94. The van der Waals surface area contributed by atoms with Gasteiger partial charge in [-0.15, -0.1) is 0 Å². The number of piperidine rings is 1. The van der Waals surface area contributed by atoms with Crippen LogP contribution in [0.15, 0.2) is 35.3 Å². The number of halogens is 1. The van der Waals surface area contributed by atoms with Crippen LogP contribution in [0.1, 0.15) is 25.5 Å². The van der Waals surface area contributed by atoms with Crippen molar-refractivity contribution in [3.63, 3.8) is 0 Å². The summed E-state index contributed by atoms with van der Waals surface area (Å²) in [4.78, 5) is 27.0. The Morgan fingerprint density at radius 2 is 2.04 bits per heavy atom. The molecule has 1 aromatic heterocycles. The summed E-state index contributed by atoms with van der Waals surface area (Å²) in [5.74, 6) is -0.252. The molecule has 0 spiro atoms. The fraction of sp³-hybridized carbons (Fsp3) is 0.474. The quantitative estimate of drug-likeness (QED) is 0.752. The van der Waals surface area contributed by atoms with Gasteiger partial charge in [0.2, 0.25) is 0 Å². The third-order valence-corrected chi connectivity index (χ3v) is 4.95. The standard InChI is InChI=1S/C19H24ClN3O3/c1-3-26-18(24)15-5-4-10-21(12-15)13-22-11-14(2)23(19(22)25)17-8-6-16(20)7-9-17/h6-9,11,15H,3-5,10,12-13H2,1-2H3. The minimum atomic E-state index is -0.139. The third-order valence-electron chi connectivity index (χ3n) is 4.69. The predicted molar refractivity (Wildman–Crippen MR) is 101 cm³/mol. The highest BCUT2D eigenvalue weighted by Crippen LogP contribution is 2.19. The number of carbonyl (C=O) groups excluding carboxylic acids is 1. The van der Waals surface area contributed by atoms with Gasteiger partial charge in [0, 0.05) is 23.5 Å². The van der Waals surface area contributed by atoms with Gasteiger partial charge in [-0.3, -0.25) is 18.8 Å². The molecular formula is C19H24ClN3O3. The summed E-state index contributed by atoms with van der Waals surface area (Å²) in [5.41, 5.74) is 1.55. The van der Waals surface area contributed by atoms with Gasteiger partial charge in [0.1, 0.15) is 0 Å². The van der Waals surface area contributed by atoms with Gasteiger partial charge in [-0.2, -0.15) is 0 Å². The second kappa shape index (κ2) is 8.10. The lowest BCUT2D eigenvalue weighted by atomic mass is 9.98. The number of nitrogens with zero attached hydrogens (tertiary/aromatic N) is 3. The molecule has 7 heteroatoms. The van der Waals surface area contributed by atoms with Crippen LogP contribution in [-0.4, -0.2) is 39.7 Å². The van der Waals surface area contributed by atoms with Gasteiger partial charge in [-0.25, -0.2) is 4.79 Å². The van der Waals surface area contributed by atoms with Gasteiger partial charge in [0.15, 0.2) is 0 Å². The van der Waals surface area contributed by atoms with E-state index in [0.29, 0.717) is 24.8 Å². The van der Waals surface area contributed by atoms with Crippen molar-refractivity contribution < 1.29 is 9.53 Å². The molecule has 0 amide bonds. The Kier molecular flexibility index (Phi) is 5.84. The summed E-state index contributed by atoms with van der Waals surface area (Å²) in [7, 11) is 0. The lowest BCUT2D eigenvalue weighted by Crippen LogP contribution is -2.42. The zero-order valence-electron chi connectivity index (χ0n) is 15.2. The average Bonchev–Trinajstić information content (AvgIpc) is 2.90. The Morgan fingerprint density at radius 1 is 1.31 bits per heavy atom. The molecule has 0 N–H and O–H groups in total. The average molecular weight is 378 g/mol. The predicted octanol–water partition coefficient (Wildman–Crippen LogP) is 2.83. The third kappa shape index (κ3) is 4.02. The van der Waals surface area contributed by atoms with Crippen LogP contribution in [0.2, 0.25) is 5.02 Å². The summed E-state index contributed by atoms with van der Waals surface area (Å²) in [6, 6.07) is 7.21. The van der Waals surface area contributed by atoms with E-state index in [2.05, 4.69) is 4.90 Å². The van der Waals surface area contributed by atoms with Gasteiger partial charge in [-0.1, -0.05) is 11.6 Å². The highest BCUT2D eigenvalue weighted by atomic mass is 35.5. The molecule has 6 nitrogen and oxygen atoms in total. The van der Waals surface area contributed by atoms with E-state index in [9.17, 15) is 9.59 Å². The van der Waals surface area contributed by atoms with Gasteiger partial charge >= 0.3 is 11.7 Å². The smallest absolute Gasteiger partial charge is 0.334 e. The number of aromatic nitrogens is 2. The number of carbonyl (C=O) groups is 1. The molecule has 1 fully saturated rings. The number of benzene rings is 1. The molecular weight excluding hydrogens is 354 g/mol. The van der Waals surface area contributed by atoms with Gasteiger partial charge in [0.05, 0.1) is 24.9 Å². The van der Waals surface area contributed by atoms with Crippen molar-refractivity contribution in [2.45, 2.75) is 33.4 Å². The normalized spacial score (nSPS) is 18.0. The van der Waals surface area contributed by atoms with E-state index in [1.54, 1.807) is 21.3 Å². The second-order valence-electron chi connectivity index (χ2n) is 6.64. The molecule has 2 heterocycles. The summed E-state index contributed by atoms with van der Waals surface area (Å²) < 4.78 is 8.51. The molecule has 0 bridgehead atoms. The summed E-state index contributed by atoms with van der Waals surface area (Å²) in [6.07, 6.45) is 3.62. The van der Waals surface area contributed by atoms with Crippen LogP contribution >= 0.6 is 11.6 Å². The lowest BCUT2D eigenvalue weighted by molar-refractivity contribution is -0.150. The van der Waals surface area contributed by atoms with Crippen LogP contribution < -0.4 is 5.69 Å². The number of esters is 1. The van der Waals surface area contributed by atoms with Crippen LogP contribution in [0.4, 0.5) is 0 Å². The molecule has 0 radical (unpaired) electrons. The van der Waals surface area contributed by atoms with Crippen molar-refractivity contribution in [1.82, 2.24) is 14.0 Å². The van der Waals surface area contributed by atoms with Crippen molar-refractivity contribution in [3.8, 4) is 5.69 Å². The molecule has 1 aromatic carbocycles. The van der Waals surface area contributed by atoms with E-state index >= 15 is 0 Å². The fourth-order valence-corrected chi connectivity index (χ4v) is 3.60. The Morgan fingerprint density at radius 3 is 2.73 bits per heavy atom. The molecule has 1 saturated heterocycles. The van der Waals surface area contributed by atoms with Crippen molar-refractivity contribution in [3.05, 3.63) is 51.7 Å². The van der Waals surface area contributed by atoms with Crippen molar-refractivity contribution in [2.24, 2.45) is 5.92 Å². The lowest BCUT2D eigenvalue weighted by Gasteiger charge is -2.31. The molecule has 3 rings (SSSR count). The molecule has 0 saturated carbocycles. The first-order valence-corrected chi connectivity index (χ1v) is 9.31. The molecule has 1 aliphatic heterocycles. The van der Waals surface area contributed by atoms with E-state index < -0.39 is 0 Å². The Hall–Kier alpha value is -2.05. The minimum absolute atomic E-state index is 0.0944. The maximum absolute atomic E-state index is 12.8. The van der Waals surface area contributed by atoms with Gasteiger partial charge in [-0.05, 0) is 57.5 Å². The summed E-state index contributed by atoms with van der Waals surface area (Å²) in [6.45, 7) is 6.09. The molecule has 1 atom stereocenters. The maximum Gasteiger partial charge on any atom is 0.334 e. The first-order valence-electron chi connectivity index (χ1n) is 8.93. The first-order chi connectivity index (χ1) is 12.5. The van der Waals surface area contributed by atoms with Crippen LogP contribution in [0.5, 0.6) is 0 Å². The Bertz CT molecular complexity index is 826. The van der Waals surface area contributed by atoms with Crippen LogP contribution in [0.3, 0.4) is 0 Å². The monoisotopic (exact) mass is 377 g/mol. The number of rotatable bonds is 5. The maximum atomic E-state index is 12.8. The topological polar surface area (TPSA) is 56.5 Å². The van der Waals surface area contributed by atoms with Crippen molar-refractivity contribution >= 4 is 17.6 Å².